The molecule has 0 atom stereocenters. The summed E-state index contributed by atoms with van der Waals surface area (Å²) in [4.78, 5) is -4.29. The van der Waals surface area contributed by atoms with Crippen LogP contribution in [-0.4, -0.2) is 128 Å². The van der Waals surface area contributed by atoms with Gasteiger partial charge in [0.25, 0.3) is 0 Å². The number of phenolic OH excluding ortho intramolecular Hbond substituents is 3. The second kappa shape index (κ2) is 17.9. The summed E-state index contributed by atoms with van der Waals surface area (Å²) >= 11 is 0. The van der Waals surface area contributed by atoms with E-state index in [2.05, 4.69) is 0 Å². The van der Waals surface area contributed by atoms with E-state index in [0.29, 0.717) is 0 Å². The van der Waals surface area contributed by atoms with Gasteiger partial charge in [0.2, 0.25) is 0 Å². The van der Waals surface area contributed by atoms with Gasteiger partial charge in [-0.3, -0.25) is 0 Å². The molecule has 0 saturated carbocycles. The van der Waals surface area contributed by atoms with E-state index in [1.54, 1.807) is 0 Å². The van der Waals surface area contributed by atoms with E-state index in [-0.39, 0.29) is 67.0 Å². The Morgan fingerprint density at radius 2 is 0.492 bits per heavy atom. The highest BCUT2D eigenvalue weighted by molar-refractivity contribution is 7.87. The van der Waals surface area contributed by atoms with Crippen LogP contribution in [0.4, 0.5) is 0 Å². The van der Waals surface area contributed by atoms with Gasteiger partial charge in [-0.1, -0.05) is 18.2 Å². The predicted molar refractivity (Wildman–Crippen MR) is 196 cm³/mol. The molecule has 21 nitrogen and oxygen atoms in total. The summed E-state index contributed by atoms with van der Waals surface area (Å²) in [7, 11) is -28.8. The zero-order valence-corrected chi connectivity index (χ0v) is 35.7. The van der Waals surface area contributed by atoms with Gasteiger partial charge < -0.3 is 42.6 Å². The minimum atomic E-state index is -4.90. The molecule has 0 aliphatic carbocycles. The molecule has 0 spiro atoms. The molecule has 312 valence electrons. The second-order valence-electron chi connectivity index (χ2n) is 11.2. The number of aromatic hydroxyl groups is 3. The summed E-state index contributed by atoms with van der Waals surface area (Å²) in [6.45, 7) is 0. The zero-order chi connectivity index (χ0) is 43.3. The number of rotatable bonds is 6. The number of fused-ring (bicyclic) bond motifs is 3. The predicted octanol–water partition coefficient (Wildman–Crippen LogP) is 0.299. The third-order valence-electron chi connectivity index (χ3n) is 7.34. The molecule has 0 aliphatic rings. The third-order valence-corrected chi connectivity index (χ3v) is 12.4. The minimum absolute atomic E-state index is 0. The van der Waals surface area contributed by atoms with Crippen molar-refractivity contribution in [3.63, 3.8) is 0 Å². The topological polar surface area (TPSA) is 404 Å². The molecule has 0 saturated heterocycles. The fourth-order valence-electron chi connectivity index (χ4n) is 4.80. The molecule has 3 N–H and O–H groups in total. The summed E-state index contributed by atoms with van der Waals surface area (Å²) in [5, 5.41) is 29.2. The van der Waals surface area contributed by atoms with E-state index >= 15 is 0 Å². The van der Waals surface area contributed by atoms with Crippen molar-refractivity contribution in [3.05, 3.63) is 91.0 Å². The first-order valence-electron chi connectivity index (χ1n) is 14.3. The molecular weight excluding hydrogens is 943 g/mol. The first-order valence-corrected chi connectivity index (χ1v) is 22.8. The molecule has 0 aromatic heterocycles. The third kappa shape index (κ3) is 12.8. The van der Waals surface area contributed by atoms with Crippen LogP contribution in [0.1, 0.15) is 0 Å². The highest BCUT2D eigenvalue weighted by atomic mass is 32.2. The zero-order valence-electron chi connectivity index (χ0n) is 28.5. The van der Waals surface area contributed by atoms with Crippen molar-refractivity contribution in [3.8, 4) is 17.2 Å². The van der Waals surface area contributed by atoms with E-state index in [9.17, 15) is 93.1 Å². The largest absolute Gasteiger partial charge is 0.744 e. The Kier molecular flexibility index (Phi) is 15.6. The number of hydrogen-bond donors (Lipinski definition) is 3. The Hall–Kier alpha value is -3.98. The van der Waals surface area contributed by atoms with Crippen molar-refractivity contribution >= 4 is 128 Å². The molecule has 0 unspecified atom stereocenters. The number of hydrogen-bond acceptors (Lipinski definition) is 21. The van der Waals surface area contributed by atoms with Gasteiger partial charge in [0, 0.05) is 34.7 Å². The van der Waals surface area contributed by atoms with Crippen LogP contribution < -0.4 is 0 Å². The van der Waals surface area contributed by atoms with Crippen molar-refractivity contribution < 1.29 is 93.1 Å². The normalized spacial score (nSPS) is 12.3. The van der Waals surface area contributed by atoms with Crippen molar-refractivity contribution in [2.75, 3.05) is 0 Å². The Morgan fingerprint density at radius 1 is 0.288 bits per heavy atom. The first-order chi connectivity index (χ1) is 25.8. The number of benzene rings is 6. The lowest BCUT2D eigenvalue weighted by molar-refractivity contribution is 0.433. The van der Waals surface area contributed by atoms with Crippen molar-refractivity contribution in [2.45, 2.75) is 29.4 Å². The van der Waals surface area contributed by atoms with Gasteiger partial charge in [-0.15, -0.1) is 0 Å². The van der Waals surface area contributed by atoms with Gasteiger partial charge in [0.1, 0.15) is 78.0 Å². The lowest BCUT2D eigenvalue weighted by Gasteiger charge is -2.12. The van der Waals surface area contributed by atoms with Crippen LogP contribution in [0.3, 0.4) is 0 Å². The lowest BCUT2D eigenvalue weighted by atomic mass is 10.1. The molecule has 6 aromatic rings. The molecule has 0 aliphatic heterocycles. The smallest absolute Gasteiger partial charge is 0.133 e. The average molecular weight is 961 g/mol. The molecular formula is C30H18Al2O21S6-6. The molecule has 0 heterocycles. The minimum Gasteiger partial charge on any atom is -0.744 e. The maximum absolute atomic E-state index is 10.9. The maximum atomic E-state index is 10.9. The lowest BCUT2D eigenvalue weighted by Crippen LogP contribution is -2.00. The van der Waals surface area contributed by atoms with Crippen LogP contribution in [0, 0.1) is 0 Å². The molecule has 59 heavy (non-hydrogen) atoms. The van der Waals surface area contributed by atoms with E-state index in [1.165, 1.54) is 18.2 Å². The second-order valence-corrected chi connectivity index (χ2v) is 19.4. The van der Waals surface area contributed by atoms with Crippen LogP contribution in [-0.2, 0) is 60.7 Å². The van der Waals surface area contributed by atoms with Gasteiger partial charge >= 0.3 is 0 Å². The van der Waals surface area contributed by atoms with Crippen molar-refractivity contribution in [1.29, 1.82) is 0 Å². The van der Waals surface area contributed by atoms with Crippen molar-refractivity contribution in [1.82, 2.24) is 0 Å². The fourth-order valence-corrected chi connectivity index (χ4v) is 8.07. The fraction of sp³-hybridized carbons (Fsp3) is 0. The van der Waals surface area contributed by atoms with Gasteiger partial charge in [0.15, 0.2) is 0 Å². The first kappa shape index (κ1) is 51.2. The standard InChI is InChI=1S/3C10H8O7S2.2Al/c3*11-9-4-6-1-2-8(18(12,13)14)3-7(6)5-10(9)19(15,16)17;;/h3*1-5,11H,(H,12,13,14)(H,15,16,17);;/p-6. The van der Waals surface area contributed by atoms with E-state index in [1.807, 2.05) is 0 Å². The average Bonchev–Trinajstić information content (AvgIpc) is 3.04. The van der Waals surface area contributed by atoms with E-state index in [4.69, 9.17) is 0 Å². The number of phenols is 3. The molecule has 29 heteroatoms. The Bertz CT molecular complexity index is 2970. The van der Waals surface area contributed by atoms with Gasteiger partial charge in [-0.05, 0) is 105 Å². The summed E-state index contributed by atoms with van der Waals surface area (Å²) in [5.41, 5.74) is 0. The summed E-state index contributed by atoms with van der Waals surface area (Å²) < 4.78 is 196. The molecule has 6 radical (unpaired) electrons. The molecule has 0 bridgehead atoms. The van der Waals surface area contributed by atoms with Crippen molar-refractivity contribution in [2.24, 2.45) is 0 Å². The SMILES string of the molecule is O=S(=O)([O-])c1ccc2cc(O)c(S(=O)(=O)[O-])cc2c1.O=S(=O)([O-])c1ccc2cc(O)c(S(=O)(=O)[O-])cc2c1.O=S(=O)([O-])c1ccc2cc(O)c(S(=O)(=O)[O-])cc2c1.[Al].[Al]. The maximum Gasteiger partial charge on any atom is 0.133 e. The van der Waals surface area contributed by atoms with Crippen LogP contribution in [0.2, 0.25) is 0 Å². The quantitative estimate of drug-likeness (QED) is 0.149. The Labute approximate surface area is 356 Å². The van der Waals surface area contributed by atoms with Crippen LogP contribution in [0.25, 0.3) is 32.3 Å². The molecule has 0 fully saturated rings. The monoisotopic (exact) mass is 960 g/mol. The highest BCUT2D eigenvalue weighted by Gasteiger charge is 2.14. The summed E-state index contributed by atoms with van der Waals surface area (Å²) in [5.74, 6) is -2.21. The van der Waals surface area contributed by atoms with Crippen LogP contribution >= 0.6 is 0 Å². The molecule has 6 aromatic carbocycles. The molecule has 6 rings (SSSR count). The van der Waals surface area contributed by atoms with Gasteiger partial charge in [-0.25, -0.2) is 50.5 Å². The summed E-state index contributed by atoms with van der Waals surface area (Å²) in [6.07, 6.45) is 0. The van der Waals surface area contributed by atoms with Crippen LogP contribution in [0.15, 0.2) is 120 Å². The van der Waals surface area contributed by atoms with Gasteiger partial charge in [0.05, 0.1) is 29.4 Å². The highest BCUT2D eigenvalue weighted by Crippen LogP contribution is 2.32. The molecule has 0 amide bonds. The Balaban J connectivity index is 0.000000300. The van der Waals surface area contributed by atoms with E-state index < -0.39 is 107 Å². The Morgan fingerprint density at radius 3 is 0.661 bits per heavy atom. The van der Waals surface area contributed by atoms with Crippen LogP contribution in [0.5, 0.6) is 17.2 Å². The van der Waals surface area contributed by atoms with E-state index in [0.717, 1.165) is 72.8 Å². The summed E-state index contributed by atoms with van der Waals surface area (Å²) in [6, 6.07) is 15.0. The van der Waals surface area contributed by atoms with Gasteiger partial charge in [-0.2, -0.15) is 0 Å².